The topological polar surface area (TPSA) is 157 Å². The summed E-state index contributed by atoms with van der Waals surface area (Å²) >= 11 is 0. The monoisotopic (exact) mass is 657 g/mol. The molecule has 2 atom stereocenters. The number of hydrogen-bond acceptors (Lipinski definition) is 9. The summed E-state index contributed by atoms with van der Waals surface area (Å²) in [6, 6.07) is 9.87. The van der Waals surface area contributed by atoms with E-state index in [4.69, 9.17) is 8.92 Å². The second-order valence-corrected chi connectivity index (χ2v) is 12.2. The maximum absolute atomic E-state index is 15.0. The van der Waals surface area contributed by atoms with Crippen LogP contribution in [0, 0.1) is 5.82 Å². The minimum Gasteiger partial charge on any atom is -0.382 e. The standard InChI is InChI=1S/C31H36FN5O8S/c1-4-6-7-11-18-46(42,43)45-22-14-15-23(32)24(19-22)34-28(39)26(27(38)25-16-17-33-35(25)3)37-29(40)30(44-5-2)36(31(37)41)20-21-12-9-8-10-13-21/h8-10,12-17,19,26,30H,4-7,11,18,20H2,1-3H3,(H,34,39). The second kappa shape index (κ2) is 15.1. The van der Waals surface area contributed by atoms with E-state index in [1.54, 1.807) is 37.3 Å². The number of hydrogen-bond donors (Lipinski definition) is 1. The summed E-state index contributed by atoms with van der Waals surface area (Å²) in [4.78, 5) is 56.7. The number of benzene rings is 2. The lowest BCUT2D eigenvalue weighted by molar-refractivity contribution is -0.144. The number of Topliss-reactive ketones (excluding diaryl/α,β-unsaturated/α-hetero) is 1. The van der Waals surface area contributed by atoms with Crippen LogP contribution in [0.4, 0.5) is 14.9 Å². The molecule has 4 rings (SSSR count). The van der Waals surface area contributed by atoms with Crippen molar-refractivity contribution >= 4 is 39.4 Å². The van der Waals surface area contributed by atoms with Gasteiger partial charge in [0.2, 0.25) is 12.0 Å². The Hall–Kier alpha value is -4.63. The summed E-state index contributed by atoms with van der Waals surface area (Å²) in [6.45, 7) is 3.58. The maximum Gasteiger partial charge on any atom is 0.330 e. The third kappa shape index (κ3) is 7.95. The zero-order chi connectivity index (χ0) is 33.4. The van der Waals surface area contributed by atoms with Gasteiger partial charge in [0, 0.05) is 25.9 Å². The number of amides is 4. The molecule has 0 saturated carbocycles. The number of urea groups is 1. The molecule has 0 spiro atoms. The molecule has 0 aliphatic carbocycles. The maximum atomic E-state index is 15.0. The largest absolute Gasteiger partial charge is 0.382 e. The molecule has 1 saturated heterocycles. The number of anilines is 1. The highest BCUT2D eigenvalue weighted by Gasteiger charge is 2.53. The zero-order valence-electron chi connectivity index (χ0n) is 25.7. The Morgan fingerprint density at radius 3 is 2.43 bits per heavy atom. The number of ether oxygens (including phenoxy) is 1. The highest BCUT2D eigenvalue weighted by molar-refractivity contribution is 7.87. The van der Waals surface area contributed by atoms with Gasteiger partial charge in [0.1, 0.15) is 17.3 Å². The van der Waals surface area contributed by atoms with Gasteiger partial charge in [0.15, 0.2) is 6.04 Å². The Kier molecular flexibility index (Phi) is 11.2. The molecule has 1 fully saturated rings. The second-order valence-electron chi connectivity index (χ2n) is 10.6. The molecule has 13 nitrogen and oxygen atoms in total. The zero-order valence-corrected chi connectivity index (χ0v) is 26.5. The average molecular weight is 658 g/mol. The Balaban J connectivity index is 1.66. The summed E-state index contributed by atoms with van der Waals surface area (Å²) in [6.07, 6.45) is 2.70. The molecule has 15 heteroatoms. The third-order valence-electron chi connectivity index (χ3n) is 7.20. The first-order chi connectivity index (χ1) is 22.0. The van der Waals surface area contributed by atoms with Crippen LogP contribution in [-0.2, 0) is 38.0 Å². The molecule has 2 heterocycles. The van der Waals surface area contributed by atoms with Crippen molar-refractivity contribution in [2.75, 3.05) is 17.7 Å². The highest BCUT2D eigenvalue weighted by atomic mass is 32.2. The van der Waals surface area contributed by atoms with Gasteiger partial charge in [-0.05, 0) is 37.1 Å². The Morgan fingerprint density at radius 1 is 1.04 bits per heavy atom. The highest BCUT2D eigenvalue weighted by Crippen LogP contribution is 2.28. The SMILES string of the molecule is CCCCCCS(=O)(=O)Oc1ccc(F)c(NC(=O)C(C(=O)c2ccnn2C)N2C(=O)C(OCC)N(Cc3ccccc3)C2=O)c1. The number of rotatable bonds is 16. The van der Waals surface area contributed by atoms with E-state index in [-0.39, 0.29) is 30.3 Å². The fraction of sp³-hybridized carbons (Fsp3) is 0.387. The van der Waals surface area contributed by atoms with Crippen LogP contribution in [0.25, 0.3) is 0 Å². The first kappa shape index (κ1) is 34.2. The smallest absolute Gasteiger partial charge is 0.330 e. The fourth-order valence-electron chi connectivity index (χ4n) is 4.93. The van der Waals surface area contributed by atoms with E-state index < -0.39 is 57.5 Å². The van der Waals surface area contributed by atoms with Crippen molar-refractivity contribution in [3.8, 4) is 5.75 Å². The summed E-state index contributed by atoms with van der Waals surface area (Å²) in [5.74, 6) is -4.69. The first-order valence-corrected chi connectivity index (χ1v) is 16.4. The van der Waals surface area contributed by atoms with E-state index in [1.807, 2.05) is 6.92 Å². The number of carbonyl (C=O) groups is 4. The number of unbranched alkanes of at least 4 members (excludes halogenated alkanes) is 3. The number of ketones is 1. The molecule has 246 valence electrons. The molecule has 0 radical (unpaired) electrons. The first-order valence-electron chi connectivity index (χ1n) is 14.8. The number of aromatic nitrogens is 2. The quantitative estimate of drug-likeness (QED) is 0.0794. The number of imide groups is 1. The Bertz CT molecular complexity index is 1680. The van der Waals surface area contributed by atoms with Crippen LogP contribution in [0.1, 0.15) is 55.6 Å². The van der Waals surface area contributed by atoms with E-state index >= 15 is 0 Å². The van der Waals surface area contributed by atoms with Crippen molar-refractivity contribution in [3.05, 3.63) is 77.9 Å². The molecule has 3 aromatic rings. The molecule has 4 amide bonds. The van der Waals surface area contributed by atoms with Crippen LogP contribution in [0.15, 0.2) is 60.8 Å². The minimum absolute atomic E-state index is 0.0366. The molecule has 1 N–H and O–H groups in total. The average Bonchev–Trinajstić information content (AvgIpc) is 3.54. The predicted molar refractivity (Wildman–Crippen MR) is 165 cm³/mol. The Labute approximate surface area is 266 Å². The lowest BCUT2D eigenvalue weighted by atomic mass is 10.1. The van der Waals surface area contributed by atoms with E-state index in [0.717, 1.165) is 40.6 Å². The minimum atomic E-state index is -4.02. The molecule has 1 aromatic heterocycles. The molecule has 1 aliphatic heterocycles. The third-order valence-corrected chi connectivity index (χ3v) is 8.43. The lowest BCUT2D eigenvalue weighted by Crippen LogP contribution is -2.53. The van der Waals surface area contributed by atoms with Crippen molar-refractivity contribution in [1.29, 1.82) is 0 Å². The van der Waals surface area contributed by atoms with Gasteiger partial charge >= 0.3 is 16.1 Å². The number of nitrogens with zero attached hydrogens (tertiary/aromatic N) is 4. The predicted octanol–water partition coefficient (Wildman–Crippen LogP) is 3.87. The van der Waals surface area contributed by atoms with Gasteiger partial charge < -0.3 is 14.2 Å². The van der Waals surface area contributed by atoms with Crippen molar-refractivity contribution in [3.63, 3.8) is 0 Å². The molecule has 1 aliphatic rings. The van der Waals surface area contributed by atoms with Gasteiger partial charge in [-0.3, -0.25) is 24.0 Å². The van der Waals surface area contributed by atoms with Crippen LogP contribution in [0.2, 0.25) is 0 Å². The Morgan fingerprint density at radius 2 is 1.78 bits per heavy atom. The van der Waals surface area contributed by atoms with Gasteiger partial charge in [0.05, 0.1) is 18.0 Å². The van der Waals surface area contributed by atoms with Crippen LogP contribution < -0.4 is 9.50 Å². The molecule has 2 unspecified atom stereocenters. The van der Waals surface area contributed by atoms with Crippen LogP contribution in [0.3, 0.4) is 0 Å². The van der Waals surface area contributed by atoms with Crippen LogP contribution in [0.5, 0.6) is 5.75 Å². The van der Waals surface area contributed by atoms with Gasteiger partial charge in [-0.2, -0.15) is 13.5 Å². The molecule has 2 aromatic carbocycles. The fourth-order valence-corrected chi connectivity index (χ4v) is 5.97. The molecule has 0 bridgehead atoms. The van der Waals surface area contributed by atoms with Gasteiger partial charge in [-0.15, -0.1) is 0 Å². The van der Waals surface area contributed by atoms with E-state index in [9.17, 15) is 32.0 Å². The van der Waals surface area contributed by atoms with Crippen LogP contribution in [-0.4, -0.2) is 76.3 Å². The summed E-state index contributed by atoms with van der Waals surface area (Å²) in [5, 5.41) is 6.19. The number of carbonyl (C=O) groups excluding carboxylic acids is 4. The van der Waals surface area contributed by atoms with Crippen molar-refractivity contribution in [2.24, 2.45) is 7.05 Å². The molecule has 46 heavy (non-hydrogen) atoms. The van der Waals surface area contributed by atoms with Crippen molar-refractivity contribution < 1.29 is 40.9 Å². The van der Waals surface area contributed by atoms with E-state index in [1.165, 1.54) is 19.3 Å². The summed E-state index contributed by atoms with van der Waals surface area (Å²) in [5.41, 5.74) is 0.0170. The van der Waals surface area contributed by atoms with Crippen LogP contribution >= 0.6 is 0 Å². The van der Waals surface area contributed by atoms with E-state index in [2.05, 4.69) is 10.4 Å². The van der Waals surface area contributed by atoms with Gasteiger partial charge in [-0.25, -0.2) is 14.1 Å². The molecular formula is C31H36FN5O8S. The van der Waals surface area contributed by atoms with Gasteiger partial charge in [-0.1, -0.05) is 56.5 Å². The van der Waals surface area contributed by atoms with E-state index in [0.29, 0.717) is 23.3 Å². The van der Waals surface area contributed by atoms with Crippen molar-refractivity contribution in [2.45, 2.75) is 58.3 Å². The number of halogens is 1. The lowest BCUT2D eigenvalue weighted by Gasteiger charge is -2.24. The van der Waals surface area contributed by atoms with Gasteiger partial charge in [0.25, 0.3) is 11.8 Å². The number of aryl methyl sites for hydroxylation is 1. The summed E-state index contributed by atoms with van der Waals surface area (Å²) < 4.78 is 51.8. The van der Waals surface area contributed by atoms with Crippen molar-refractivity contribution in [1.82, 2.24) is 19.6 Å². The molecular weight excluding hydrogens is 621 g/mol. The summed E-state index contributed by atoms with van der Waals surface area (Å²) in [7, 11) is -2.59. The normalized spacial score (nSPS) is 15.7. The number of nitrogens with one attached hydrogen (secondary N) is 1.